The first-order valence-corrected chi connectivity index (χ1v) is 5.92. The lowest BCUT2D eigenvalue weighted by molar-refractivity contribution is 0.510. The molecule has 1 aromatic heterocycles. The summed E-state index contributed by atoms with van der Waals surface area (Å²) in [6, 6.07) is 2.60. The Bertz CT molecular complexity index is 243. The minimum Gasteiger partial charge on any atom is -0.317 e. The smallest absolute Gasteiger partial charge is 0.0544 e. The quantitative estimate of drug-likeness (QED) is 0.798. The zero-order chi connectivity index (χ0) is 9.68. The fourth-order valence-corrected chi connectivity index (χ4v) is 2.51. The molecule has 74 valence electrons. The second-order valence-corrected chi connectivity index (χ2v) is 4.53. The van der Waals surface area contributed by atoms with Crippen LogP contribution in [0.4, 0.5) is 0 Å². The maximum atomic E-state index is 6.00. The first kappa shape index (κ1) is 11.0. The fourth-order valence-electron chi connectivity index (χ4n) is 1.36. The molecule has 0 spiro atoms. The van der Waals surface area contributed by atoms with Gasteiger partial charge in [0.05, 0.1) is 5.02 Å². The Hall–Kier alpha value is -0.0500. The molecule has 1 heterocycles. The van der Waals surface area contributed by atoms with Gasteiger partial charge in [-0.15, -0.1) is 11.3 Å². The first-order valence-electron chi connectivity index (χ1n) is 4.67. The van der Waals surface area contributed by atoms with Crippen LogP contribution in [0.2, 0.25) is 5.02 Å². The molecule has 0 aliphatic rings. The molecule has 13 heavy (non-hydrogen) atoms. The molecule has 0 saturated carbocycles. The minimum atomic E-state index is 0.623. The molecule has 0 amide bonds. The summed E-state index contributed by atoms with van der Waals surface area (Å²) in [5.41, 5.74) is 0. The van der Waals surface area contributed by atoms with Gasteiger partial charge in [-0.3, -0.25) is 0 Å². The van der Waals surface area contributed by atoms with Crippen LogP contribution in [0.15, 0.2) is 11.4 Å². The molecule has 0 saturated heterocycles. The van der Waals surface area contributed by atoms with Gasteiger partial charge in [-0.1, -0.05) is 18.5 Å². The van der Waals surface area contributed by atoms with Gasteiger partial charge in [0, 0.05) is 10.9 Å². The van der Waals surface area contributed by atoms with Crippen LogP contribution in [0.3, 0.4) is 0 Å². The van der Waals surface area contributed by atoms with Crippen LogP contribution in [0.1, 0.15) is 24.6 Å². The van der Waals surface area contributed by atoms with Crippen LogP contribution in [0.25, 0.3) is 0 Å². The van der Waals surface area contributed by atoms with Gasteiger partial charge in [0.1, 0.15) is 0 Å². The third-order valence-corrected chi connectivity index (χ3v) is 3.76. The van der Waals surface area contributed by atoms with E-state index in [1.165, 1.54) is 17.7 Å². The first-order chi connectivity index (χ1) is 6.27. The lowest BCUT2D eigenvalue weighted by Crippen LogP contribution is -2.24. The molecule has 3 heteroatoms. The molecule has 1 rings (SSSR count). The summed E-state index contributed by atoms with van der Waals surface area (Å²) in [7, 11) is 2.02. The van der Waals surface area contributed by atoms with Crippen molar-refractivity contribution < 1.29 is 0 Å². The summed E-state index contributed by atoms with van der Waals surface area (Å²) in [4.78, 5) is 1.32. The second-order valence-electron chi connectivity index (χ2n) is 3.12. The maximum absolute atomic E-state index is 6.00. The number of aryl methyl sites for hydroxylation is 1. The predicted molar refractivity (Wildman–Crippen MR) is 60.8 cm³/mol. The number of hydrogen-bond acceptors (Lipinski definition) is 2. The van der Waals surface area contributed by atoms with Gasteiger partial charge in [-0.2, -0.15) is 0 Å². The van der Waals surface area contributed by atoms with Crippen molar-refractivity contribution in [1.29, 1.82) is 0 Å². The van der Waals surface area contributed by atoms with Crippen LogP contribution in [-0.2, 0) is 6.42 Å². The SMILES string of the molecule is CCC(CCc1sccc1Cl)NC. The van der Waals surface area contributed by atoms with E-state index < -0.39 is 0 Å². The largest absolute Gasteiger partial charge is 0.317 e. The van der Waals surface area contributed by atoms with E-state index in [1.54, 1.807) is 11.3 Å². The van der Waals surface area contributed by atoms with Crippen molar-refractivity contribution in [2.75, 3.05) is 7.05 Å². The van der Waals surface area contributed by atoms with Crippen molar-refractivity contribution in [2.45, 2.75) is 32.2 Å². The van der Waals surface area contributed by atoms with Gasteiger partial charge in [-0.25, -0.2) is 0 Å². The van der Waals surface area contributed by atoms with E-state index in [9.17, 15) is 0 Å². The Morgan fingerprint density at radius 2 is 2.38 bits per heavy atom. The van der Waals surface area contributed by atoms with Crippen molar-refractivity contribution >= 4 is 22.9 Å². The molecule has 1 atom stereocenters. The van der Waals surface area contributed by atoms with Crippen LogP contribution >= 0.6 is 22.9 Å². The molecule has 0 fully saturated rings. The second kappa shape index (κ2) is 5.63. The van der Waals surface area contributed by atoms with Gasteiger partial charge >= 0.3 is 0 Å². The van der Waals surface area contributed by atoms with Crippen molar-refractivity contribution in [2.24, 2.45) is 0 Å². The standard InChI is InChI=1S/C10H16ClNS/c1-3-8(12-2)4-5-10-9(11)6-7-13-10/h6-8,12H,3-5H2,1-2H3. The van der Waals surface area contributed by atoms with Crippen LogP contribution < -0.4 is 5.32 Å². The number of halogens is 1. The Balaban J connectivity index is 2.38. The Morgan fingerprint density at radius 3 is 2.85 bits per heavy atom. The molecule has 1 unspecified atom stereocenters. The van der Waals surface area contributed by atoms with E-state index in [1.807, 2.05) is 13.1 Å². The van der Waals surface area contributed by atoms with Crippen molar-refractivity contribution in [1.82, 2.24) is 5.32 Å². The molecule has 0 aliphatic carbocycles. The minimum absolute atomic E-state index is 0.623. The molecule has 0 aromatic carbocycles. The molecular formula is C10H16ClNS. The highest BCUT2D eigenvalue weighted by Gasteiger charge is 2.06. The van der Waals surface area contributed by atoms with Gasteiger partial charge < -0.3 is 5.32 Å². The molecule has 0 radical (unpaired) electrons. The summed E-state index contributed by atoms with van der Waals surface area (Å²) < 4.78 is 0. The zero-order valence-corrected chi connectivity index (χ0v) is 9.71. The summed E-state index contributed by atoms with van der Waals surface area (Å²) in [6.07, 6.45) is 3.45. The van der Waals surface area contributed by atoms with Crippen molar-refractivity contribution in [3.63, 3.8) is 0 Å². The highest BCUT2D eigenvalue weighted by atomic mass is 35.5. The van der Waals surface area contributed by atoms with E-state index in [2.05, 4.69) is 17.6 Å². The average Bonchev–Trinajstić information content (AvgIpc) is 2.54. The van der Waals surface area contributed by atoms with Gasteiger partial charge in [0.25, 0.3) is 0 Å². The topological polar surface area (TPSA) is 12.0 Å². The summed E-state index contributed by atoms with van der Waals surface area (Å²) in [5, 5.41) is 6.28. The third kappa shape index (κ3) is 3.29. The number of nitrogens with one attached hydrogen (secondary N) is 1. The van der Waals surface area contributed by atoms with Gasteiger partial charge in [0.15, 0.2) is 0 Å². The summed E-state index contributed by atoms with van der Waals surface area (Å²) in [5.74, 6) is 0. The zero-order valence-electron chi connectivity index (χ0n) is 8.14. The molecule has 1 aromatic rings. The maximum Gasteiger partial charge on any atom is 0.0544 e. The normalized spacial score (nSPS) is 13.2. The summed E-state index contributed by atoms with van der Waals surface area (Å²) >= 11 is 7.75. The van der Waals surface area contributed by atoms with E-state index in [4.69, 9.17) is 11.6 Å². The van der Waals surface area contributed by atoms with Gasteiger partial charge in [0.2, 0.25) is 0 Å². The Labute approximate surface area is 89.1 Å². The van der Waals surface area contributed by atoms with Crippen molar-refractivity contribution in [3.8, 4) is 0 Å². The predicted octanol–water partition coefficient (Wildman–Crippen LogP) is 3.33. The molecule has 0 bridgehead atoms. The van der Waals surface area contributed by atoms with Crippen LogP contribution in [-0.4, -0.2) is 13.1 Å². The Kier molecular flexibility index (Phi) is 4.78. The Morgan fingerprint density at radius 1 is 1.62 bits per heavy atom. The highest BCUT2D eigenvalue weighted by Crippen LogP contribution is 2.23. The average molecular weight is 218 g/mol. The van der Waals surface area contributed by atoms with Gasteiger partial charge in [-0.05, 0) is 37.8 Å². The number of hydrogen-bond donors (Lipinski definition) is 1. The fraction of sp³-hybridized carbons (Fsp3) is 0.600. The molecular weight excluding hydrogens is 202 g/mol. The number of rotatable bonds is 5. The number of thiophene rings is 1. The third-order valence-electron chi connectivity index (χ3n) is 2.31. The van der Waals surface area contributed by atoms with Crippen LogP contribution in [0, 0.1) is 0 Å². The lowest BCUT2D eigenvalue weighted by Gasteiger charge is -2.12. The lowest BCUT2D eigenvalue weighted by atomic mass is 10.1. The van der Waals surface area contributed by atoms with E-state index in [-0.39, 0.29) is 0 Å². The molecule has 1 nitrogen and oxygen atoms in total. The van der Waals surface area contributed by atoms with E-state index in [0.717, 1.165) is 11.4 Å². The monoisotopic (exact) mass is 217 g/mol. The molecule has 0 aliphatic heterocycles. The van der Waals surface area contributed by atoms with Crippen LogP contribution in [0.5, 0.6) is 0 Å². The highest BCUT2D eigenvalue weighted by molar-refractivity contribution is 7.10. The van der Waals surface area contributed by atoms with Crippen molar-refractivity contribution in [3.05, 3.63) is 21.3 Å². The molecule has 1 N–H and O–H groups in total. The van der Waals surface area contributed by atoms with E-state index >= 15 is 0 Å². The van der Waals surface area contributed by atoms with E-state index in [0.29, 0.717) is 6.04 Å². The summed E-state index contributed by atoms with van der Waals surface area (Å²) in [6.45, 7) is 2.21.